The molecule has 7 aromatic heterocycles. The van der Waals surface area contributed by atoms with Crippen LogP contribution in [0.5, 0.6) is 0 Å². The van der Waals surface area contributed by atoms with Gasteiger partial charge in [0.2, 0.25) is 5.95 Å². The van der Waals surface area contributed by atoms with E-state index in [4.69, 9.17) is 71.7 Å². The number of esters is 2. The first-order valence-electron chi connectivity index (χ1n) is 26.0. The summed E-state index contributed by atoms with van der Waals surface area (Å²) in [6, 6.07) is 19.1. The minimum atomic E-state index is -4.03. The van der Waals surface area contributed by atoms with Crippen LogP contribution in [0.2, 0.25) is 20.1 Å². The molecule has 29 heteroatoms. The average Bonchev–Trinajstić information content (AvgIpc) is 2.05. The standard InChI is InChI=1S/C21H22ClN3O4S.C14H16ClN3O2.C8H10ClIN2.C6H10BNO3.C5H2ClFIN.C3H9N.CH4/c1-13(2)24-20-10-17(18(22)11-23-20)15-9-19(21(26)29-4)25(12-15)30(27,28)16-7-5-14(3)6-8-16;1-8(2)18-13-5-10(11(15)7-17-13)9-4-12(16-6-9)14(19)20-3;1-5(2)12-8-3-7(10)6(9)4-11-8;1-11-4-6-2-5(3-8-6)7(9)10;6-3-2-9-5(7)1-4(3)8;1-3(2)4;/h5-13H,1-4H3,(H,23,24);4-8,16H,1-3H3,(H,17,18);3-5H,1-2H3,(H,11,12);2-3,8-10H,4H2,1H3;1-2H;3H,4H2,1-2H3;1H4. The van der Waals surface area contributed by atoms with Gasteiger partial charge in [-0.15, -0.1) is 0 Å². The minimum absolute atomic E-state index is 0. The number of nitrogens with one attached hydrogen (secondary N) is 5. The van der Waals surface area contributed by atoms with E-state index in [1.54, 1.807) is 62.2 Å². The van der Waals surface area contributed by atoms with E-state index in [0.29, 0.717) is 70.5 Å². The van der Waals surface area contributed by atoms with E-state index in [9.17, 15) is 22.4 Å². The lowest BCUT2D eigenvalue weighted by molar-refractivity contribution is 0.0585. The van der Waals surface area contributed by atoms with Crippen LogP contribution in [0.4, 0.5) is 21.8 Å². The van der Waals surface area contributed by atoms with Crippen molar-refractivity contribution in [3.63, 3.8) is 0 Å². The van der Waals surface area contributed by atoms with Gasteiger partial charge in [0.15, 0.2) is 0 Å². The van der Waals surface area contributed by atoms with E-state index in [2.05, 4.69) is 87.0 Å². The summed E-state index contributed by atoms with van der Waals surface area (Å²) in [7, 11) is -1.32. The molecule has 0 aliphatic rings. The monoisotopic (exact) mass is 1520 g/mol. The van der Waals surface area contributed by atoms with Crippen LogP contribution in [-0.2, 0) is 30.8 Å². The Balaban J connectivity index is 0.000000390. The number of carbonyl (C=O) groups is 2. The number of nitrogens with two attached hydrogens (primary N) is 1. The van der Waals surface area contributed by atoms with Crippen LogP contribution >= 0.6 is 91.6 Å². The number of nitrogens with zero attached hydrogens (tertiary/aromatic N) is 5. The number of aromatic nitrogens is 7. The van der Waals surface area contributed by atoms with Crippen LogP contribution in [0.3, 0.4) is 0 Å². The van der Waals surface area contributed by atoms with Crippen molar-refractivity contribution in [2.45, 2.75) is 105 Å². The SMILES string of the molecule is C.CC(C)N.CC(C)Nc1cc(I)c(Cl)cn1.COC(=O)c1cc(-c2cc(NC(C)C)ncc2Cl)c[nH]1.COC(=O)c1cc(-c2cc(NC(C)C)ncc2Cl)cn1S(=O)(=O)c1ccc(C)cc1.COCc1cc(B(O)O)c[nH]1.Fc1cc(I)c(Cl)cn1. The van der Waals surface area contributed by atoms with Crippen LogP contribution in [0.25, 0.3) is 22.3 Å². The highest BCUT2D eigenvalue weighted by molar-refractivity contribution is 14.1. The van der Waals surface area contributed by atoms with Crippen LogP contribution in [0, 0.1) is 20.0 Å². The van der Waals surface area contributed by atoms with Crippen LogP contribution in [0.1, 0.15) is 95.1 Å². The number of aryl methyl sites for hydroxylation is 1. The van der Waals surface area contributed by atoms with Crippen molar-refractivity contribution in [3.8, 4) is 22.3 Å². The highest BCUT2D eigenvalue weighted by atomic mass is 127. The Morgan fingerprint density at radius 2 is 1.14 bits per heavy atom. The lowest BCUT2D eigenvalue weighted by Crippen LogP contribution is -2.28. The summed E-state index contributed by atoms with van der Waals surface area (Å²) in [4.78, 5) is 45.5. The van der Waals surface area contributed by atoms with E-state index in [-0.39, 0.29) is 30.1 Å². The molecular weight excluding hydrogens is 1450 g/mol. The van der Waals surface area contributed by atoms with E-state index in [1.165, 1.54) is 57.1 Å². The molecule has 9 N–H and O–H groups in total. The van der Waals surface area contributed by atoms with Crippen molar-refractivity contribution < 1.29 is 46.7 Å². The van der Waals surface area contributed by atoms with Gasteiger partial charge in [-0.3, -0.25) is 0 Å². The zero-order chi connectivity index (χ0) is 64.6. The fourth-order valence-corrected chi connectivity index (χ4v) is 9.55. The molecule has 0 amide bonds. The molecule has 8 rings (SSSR count). The van der Waals surface area contributed by atoms with Crippen molar-refractivity contribution in [1.29, 1.82) is 0 Å². The van der Waals surface area contributed by atoms with Crippen molar-refractivity contribution in [2.75, 3.05) is 37.3 Å². The van der Waals surface area contributed by atoms with Gasteiger partial charge < -0.3 is 55.9 Å². The zero-order valence-corrected chi connectivity index (χ0v) is 57.3. The maximum absolute atomic E-state index is 13.2. The molecule has 472 valence electrons. The van der Waals surface area contributed by atoms with Crippen molar-refractivity contribution in [2.24, 2.45) is 5.73 Å². The third kappa shape index (κ3) is 26.2. The number of hydrogen-bond acceptors (Lipinski definition) is 17. The Labute approximate surface area is 556 Å². The van der Waals surface area contributed by atoms with Gasteiger partial charge in [0.25, 0.3) is 10.0 Å². The van der Waals surface area contributed by atoms with E-state index < -0.39 is 35.0 Å². The quantitative estimate of drug-likeness (QED) is 0.0205. The number of anilines is 3. The summed E-state index contributed by atoms with van der Waals surface area (Å²) in [6.07, 6.45) is 10.6. The fraction of sp³-hybridized carbons (Fsp3) is 0.310. The second kappa shape index (κ2) is 38.1. The summed E-state index contributed by atoms with van der Waals surface area (Å²) in [6.45, 7) is 18.3. The average molecular weight is 1530 g/mol. The Hall–Kier alpha value is -5.60. The molecule has 8 aromatic rings. The molecule has 1 aromatic carbocycles. The topological polar surface area (TPSA) is 287 Å². The Morgan fingerprint density at radius 3 is 1.56 bits per heavy atom. The molecule has 0 aliphatic heterocycles. The smallest absolute Gasteiger partial charge is 0.464 e. The molecule has 0 bridgehead atoms. The van der Waals surface area contributed by atoms with Gasteiger partial charge in [-0.2, -0.15) is 4.39 Å². The van der Waals surface area contributed by atoms with E-state index in [1.807, 2.05) is 83.2 Å². The van der Waals surface area contributed by atoms with Gasteiger partial charge in [-0.05, 0) is 154 Å². The molecule has 20 nitrogen and oxygen atoms in total. The van der Waals surface area contributed by atoms with Crippen LogP contribution in [-0.4, -0.2) is 117 Å². The molecular formula is C58H73BCl4FI2N11O9S. The summed E-state index contributed by atoms with van der Waals surface area (Å²) in [5.74, 6) is 0.505. The number of rotatable bonds is 15. The van der Waals surface area contributed by atoms with Gasteiger partial charge in [0.05, 0.1) is 45.8 Å². The molecule has 0 saturated heterocycles. The number of carbonyl (C=O) groups excluding carboxylic acids is 2. The van der Waals surface area contributed by atoms with Gasteiger partial charge in [-0.1, -0.05) is 85.4 Å². The molecule has 0 radical (unpaired) electrons. The van der Waals surface area contributed by atoms with Crippen molar-refractivity contribution >= 4 is 144 Å². The Kier molecular flexibility index (Phi) is 33.9. The summed E-state index contributed by atoms with van der Waals surface area (Å²) < 4.78 is 55.5. The van der Waals surface area contributed by atoms with Crippen LogP contribution < -0.4 is 27.1 Å². The maximum atomic E-state index is 13.2. The normalized spacial score (nSPS) is 10.6. The first kappa shape index (κ1) is 77.5. The summed E-state index contributed by atoms with van der Waals surface area (Å²) >= 11 is 28.0. The number of benzene rings is 1. The maximum Gasteiger partial charge on any atom is 0.489 e. The number of pyridine rings is 4. The largest absolute Gasteiger partial charge is 0.489 e. The number of aromatic amines is 2. The molecule has 0 fully saturated rings. The highest BCUT2D eigenvalue weighted by Gasteiger charge is 2.26. The van der Waals surface area contributed by atoms with Gasteiger partial charge in [0, 0.05) is 110 Å². The molecule has 0 unspecified atom stereocenters. The first-order chi connectivity index (χ1) is 40.4. The molecule has 0 atom stereocenters. The molecule has 0 aliphatic carbocycles. The first-order valence-corrected chi connectivity index (χ1v) is 31.1. The van der Waals surface area contributed by atoms with Crippen LogP contribution in [0.15, 0.2) is 115 Å². The third-order valence-corrected chi connectivity index (χ3v) is 15.8. The highest BCUT2D eigenvalue weighted by Crippen LogP contribution is 2.34. The molecule has 0 spiro atoms. The predicted molar refractivity (Wildman–Crippen MR) is 366 cm³/mol. The van der Waals surface area contributed by atoms with E-state index in [0.717, 1.165) is 41.6 Å². The van der Waals surface area contributed by atoms with Gasteiger partial charge in [0.1, 0.15) is 28.8 Å². The zero-order valence-electron chi connectivity index (χ0n) is 49.1. The number of H-pyrrole nitrogens is 2. The lowest BCUT2D eigenvalue weighted by atomic mass is 9.82. The molecule has 0 saturated carbocycles. The Morgan fingerprint density at radius 1 is 0.678 bits per heavy atom. The lowest BCUT2D eigenvalue weighted by Gasteiger charge is -2.11. The summed E-state index contributed by atoms with van der Waals surface area (Å²) in [5.41, 5.74) is 10.2. The number of halogens is 7. The van der Waals surface area contributed by atoms with Crippen molar-refractivity contribution in [1.82, 2.24) is 33.9 Å². The number of ether oxygens (including phenoxy) is 3. The molecule has 7 heterocycles. The fourth-order valence-electron chi connectivity index (χ4n) is 6.74. The number of methoxy groups -OCH3 is 3. The summed E-state index contributed by atoms with van der Waals surface area (Å²) in [5, 5.41) is 29.0. The van der Waals surface area contributed by atoms with Crippen molar-refractivity contribution in [3.05, 3.63) is 166 Å². The predicted octanol–water partition coefficient (Wildman–Crippen LogP) is 13.2. The second-order valence-electron chi connectivity index (χ2n) is 19.4. The van der Waals surface area contributed by atoms with Gasteiger partial charge >= 0.3 is 19.1 Å². The molecule has 87 heavy (non-hydrogen) atoms. The number of hydrogen-bond donors (Lipinski definition) is 8. The second-order valence-corrected chi connectivity index (χ2v) is 25.2. The van der Waals surface area contributed by atoms with E-state index >= 15 is 0 Å². The third-order valence-electron chi connectivity index (χ3n) is 10.4. The minimum Gasteiger partial charge on any atom is -0.464 e. The van der Waals surface area contributed by atoms with Gasteiger partial charge in [-0.25, -0.2) is 41.9 Å². The Bertz CT molecular complexity index is 3560.